The van der Waals surface area contributed by atoms with Gasteiger partial charge in [-0.1, -0.05) is 0 Å². The molecular weight excluding hydrogens is 312 g/mol. The fourth-order valence-electron chi connectivity index (χ4n) is 2.67. The number of rotatable bonds is 4. The van der Waals surface area contributed by atoms with Crippen LogP contribution in [0.5, 0.6) is 0 Å². The summed E-state index contributed by atoms with van der Waals surface area (Å²) in [6.07, 6.45) is 6.06. The Morgan fingerprint density at radius 2 is 2.04 bits per heavy atom. The third-order valence-electron chi connectivity index (χ3n) is 3.71. The number of carbonyl (C=O) groups excluding carboxylic acids is 1. The maximum Gasteiger partial charge on any atom is 0.410 e. The molecule has 1 aromatic heterocycles. The predicted octanol–water partition coefficient (Wildman–Crippen LogP) is 3.12. The molecule has 1 fully saturated rings. The smallest absolute Gasteiger partial charge is 0.410 e. The van der Waals surface area contributed by atoms with E-state index < -0.39 is 16.4 Å². The van der Waals surface area contributed by atoms with E-state index >= 15 is 0 Å². The van der Waals surface area contributed by atoms with Gasteiger partial charge in [0, 0.05) is 47.3 Å². The number of nitrogens with zero attached hydrogens (tertiary/aromatic N) is 2. The maximum atomic E-state index is 12.4. The molecule has 2 heterocycles. The van der Waals surface area contributed by atoms with Crippen molar-refractivity contribution in [2.75, 3.05) is 12.3 Å². The molecule has 1 saturated heterocycles. The van der Waals surface area contributed by atoms with Crippen LogP contribution in [0, 0.1) is 0 Å². The normalized spacial score (nSPS) is 20.1. The van der Waals surface area contributed by atoms with Crippen molar-refractivity contribution in [2.24, 2.45) is 0 Å². The fourth-order valence-corrected chi connectivity index (χ4v) is 4.13. The molecular formula is C17H26N2O3S. The Kier molecular flexibility index (Phi) is 6.16. The summed E-state index contributed by atoms with van der Waals surface area (Å²) in [6.45, 7) is 6.29. The second-order valence-corrected chi connectivity index (χ2v) is 8.43. The zero-order chi connectivity index (χ0) is 16.9. The van der Waals surface area contributed by atoms with Crippen LogP contribution in [0.25, 0.3) is 0 Å². The average Bonchev–Trinajstić information content (AvgIpc) is 2.47. The first kappa shape index (κ1) is 17.9. The number of carbonyl (C=O) groups is 1. The molecule has 0 radical (unpaired) electrons. The van der Waals surface area contributed by atoms with Crippen molar-refractivity contribution in [3.05, 3.63) is 30.1 Å². The summed E-state index contributed by atoms with van der Waals surface area (Å²) in [5.41, 5.74) is 0.507. The van der Waals surface area contributed by atoms with Crippen molar-refractivity contribution in [3.63, 3.8) is 0 Å². The molecule has 0 aromatic carbocycles. The van der Waals surface area contributed by atoms with Gasteiger partial charge in [-0.3, -0.25) is 9.19 Å². The second kappa shape index (κ2) is 7.90. The van der Waals surface area contributed by atoms with Crippen LogP contribution in [-0.2, 0) is 21.3 Å². The summed E-state index contributed by atoms with van der Waals surface area (Å²) >= 11 is 0. The van der Waals surface area contributed by atoms with E-state index in [0.717, 1.165) is 24.8 Å². The van der Waals surface area contributed by atoms with Gasteiger partial charge in [0.1, 0.15) is 5.60 Å². The molecule has 0 unspecified atom stereocenters. The van der Waals surface area contributed by atoms with Crippen LogP contribution in [0.2, 0.25) is 0 Å². The van der Waals surface area contributed by atoms with Crippen molar-refractivity contribution in [3.8, 4) is 0 Å². The molecule has 0 N–H and O–H groups in total. The number of pyridine rings is 1. The van der Waals surface area contributed by atoms with Gasteiger partial charge in [0.25, 0.3) is 0 Å². The van der Waals surface area contributed by atoms with Crippen LogP contribution in [0.3, 0.4) is 0 Å². The lowest BCUT2D eigenvalue weighted by Gasteiger charge is -2.36. The van der Waals surface area contributed by atoms with Gasteiger partial charge in [0.2, 0.25) is 0 Å². The Hall–Kier alpha value is -1.43. The van der Waals surface area contributed by atoms with Crippen LogP contribution in [0.15, 0.2) is 24.5 Å². The Morgan fingerprint density at radius 1 is 1.35 bits per heavy atom. The highest BCUT2D eigenvalue weighted by molar-refractivity contribution is 7.84. The molecule has 1 aromatic rings. The van der Waals surface area contributed by atoms with E-state index in [4.69, 9.17) is 4.74 Å². The van der Waals surface area contributed by atoms with Gasteiger partial charge in [-0.15, -0.1) is 0 Å². The molecule has 128 valence electrons. The molecule has 0 saturated carbocycles. The minimum Gasteiger partial charge on any atom is -0.444 e. The summed E-state index contributed by atoms with van der Waals surface area (Å²) in [6, 6.07) is 3.76. The zero-order valence-corrected chi connectivity index (χ0v) is 15.0. The molecule has 5 nitrogen and oxygen atoms in total. The van der Waals surface area contributed by atoms with Gasteiger partial charge in [0.15, 0.2) is 0 Å². The summed E-state index contributed by atoms with van der Waals surface area (Å²) in [5, 5.41) is 0. The van der Waals surface area contributed by atoms with E-state index in [1.165, 1.54) is 0 Å². The van der Waals surface area contributed by atoms with Crippen molar-refractivity contribution in [1.82, 2.24) is 9.88 Å². The molecule has 2 atom stereocenters. The average molecular weight is 338 g/mol. The fraction of sp³-hybridized carbons (Fsp3) is 0.647. The van der Waals surface area contributed by atoms with Gasteiger partial charge < -0.3 is 9.64 Å². The first-order valence-corrected chi connectivity index (χ1v) is 9.57. The Morgan fingerprint density at radius 3 is 2.70 bits per heavy atom. The van der Waals surface area contributed by atoms with Crippen molar-refractivity contribution < 1.29 is 13.7 Å². The summed E-state index contributed by atoms with van der Waals surface area (Å²) < 4.78 is 17.9. The largest absolute Gasteiger partial charge is 0.444 e. The van der Waals surface area contributed by atoms with E-state index in [1.54, 1.807) is 17.3 Å². The first-order chi connectivity index (χ1) is 10.8. The number of aromatic nitrogens is 1. The molecule has 0 aliphatic carbocycles. The lowest BCUT2D eigenvalue weighted by atomic mass is 10.0. The number of amides is 1. The second-order valence-electron chi connectivity index (χ2n) is 6.93. The molecule has 2 rings (SSSR count). The molecule has 1 aliphatic heterocycles. The molecule has 23 heavy (non-hydrogen) atoms. The molecule has 0 spiro atoms. The minimum atomic E-state index is -1.01. The van der Waals surface area contributed by atoms with Gasteiger partial charge in [0.05, 0.1) is 0 Å². The third kappa shape index (κ3) is 5.94. The van der Waals surface area contributed by atoms with Crippen LogP contribution in [0.4, 0.5) is 4.79 Å². The number of piperidine rings is 1. The standard InChI is InChI=1S/C17H26N2O3S/c1-17(2,3)22-16(20)19-11-5-4-6-15(19)13-23(21)12-14-7-9-18-10-8-14/h7-10,15H,4-6,11-13H2,1-3H3/t15-,23-/m1/s1. The predicted molar refractivity (Wildman–Crippen MR) is 91.5 cm³/mol. The monoisotopic (exact) mass is 338 g/mol. The van der Waals surface area contributed by atoms with Crippen LogP contribution in [-0.4, -0.2) is 44.1 Å². The molecule has 1 amide bonds. The zero-order valence-electron chi connectivity index (χ0n) is 14.2. The quantitative estimate of drug-likeness (QED) is 0.846. The van der Waals surface area contributed by atoms with E-state index in [-0.39, 0.29) is 12.1 Å². The summed E-state index contributed by atoms with van der Waals surface area (Å²) in [5.74, 6) is 1.00. The van der Waals surface area contributed by atoms with Gasteiger partial charge >= 0.3 is 6.09 Å². The van der Waals surface area contributed by atoms with Crippen LogP contribution in [0.1, 0.15) is 45.6 Å². The molecule has 0 bridgehead atoms. The van der Waals surface area contributed by atoms with Crippen molar-refractivity contribution in [2.45, 2.75) is 57.4 Å². The topological polar surface area (TPSA) is 59.5 Å². The first-order valence-electron chi connectivity index (χ1n) is 8.08. The highest BCUT2D eigenvalue weighted by Gasteiger charge is 2.31. The summed E-state index contributed by atoms with van der Waals surface area (Å²) in [7, 11) is -1.01. The summed E-state index contributed by atoms with van der Waals surface area (Å²) in [4.78, 5) is 18.1. The maximum absolute atomic E-state index is 12.4. The number of ether oxygens (including phenoxy) is 1. The third-order valence-corrected chi connectivity index (χ3v) is 5.12. The Bertz CT molecular complexity index is 543. The van der Waals surface area contributed by atoms with E-state index in [0.29, 0.717) is 18.1 Å². The lowest BCUT2D eigenvalue weighted by Crippen LogP contribution is -2.48. The van der Waals surface area contributed by atoms with Gasteiger partial charge in [-0.05, 0) is 57.7 Å². The highest BCUT2D eigenvalue weighted by Crippen LogP contribution is 2.21. The molecule has 1 aliphatic rings. The van der Waals surface area contributed by atoms with E-state index in [2.05, 4.69) is 4.98 Å². The van der Waals surface area contributed by atoms with E-state index in [9.17, 15) is 9.00 Å². The Labute approximate surface area is 140 Å². The van der Waals surface area contributed by atoms with Gasteiger partial charge in [-0.2, -0.15) is 0 Å². The van der Waals surface area contributed by atoms with Crippen LogP contribution >= 0.6 is 0 Å². The highest BCUT2D eigenvalue weighted by atomic mass is 32.2. The minimum absolute atomic E-state index is 0.00118. The van der Waals surface area contributed by atoms with Gasteiger partial charge in [-0.25, -0.2) is 4.79 Å². The number of hydrogen-bond acceptors (Lipinski definition) is 4. The molecule has 6 heteroatoms. The van der Waals surface area contributed by atoms with Crippen LogP contribution < -0.4 is 0 Å². The lowest BCUT2D eigenvalue weighted by molar-refractivity contribution is 0.0125. The van der Waals surface area contributed by atoms with Crippen molar-refractivity contribution in [1.29, 1.82) is 0 Å². The SMILES string of the molecule is CC(C)(C)OC(=O)N1CCCC[C@@H]1C[S@](=O)Cc1ccncc1. The van der Waals surface area contributed by atoms with E-state index in [1.807, 2.05) is 32.9 Å². The number of likely N-dealkylation sites (tertiary alicyclic amines) is 1. The Balaban J connectivity index is 1.95. The number of hydrogen-bond donors (Lipinski definition) is 0. The van der Waals surface area contributed by atoms with Crippen molar-refractivity contribution >= 4 is 16.9 Å².